The Kier molecular flexibility index (Phi) is 4.16. The number of hydrogen-bond acceptors (Lipinski definition) is 3. The van der Waals surface area contributed by atoms with Gasteiger partial charge in [-0.05, 0) is 31.0 Å². The van der Waals surface area contributed by atoms with Crippen molar-refractivity contribution in [2.45, 2.75) is 27.2 Å². The van der Waals surface area contributed by atoms with E-state index in [0.29, 0.717) is 18.1 Å². The first-order chi connectivity index (χ1) is 7.17. The summed E-state index contributed by atoms with van der Waals surface area (Å²) in [5.41, 5.74) is 1.16. The van der Waals surface area contributed by atoms with E-state index < -0.39 is 0 Å². The van der Waals surface area contributed by atoms with Gasteiger partial charge in [-0.25, -0.2) is 0 Å². The number of benzene rings is 1. The molecule has 0 heterocycles. The summed E-state index contributed by atoms with van der Waals surface area (Å²) in [7, 11) is 0. The van der Waals surface area contributed by atoms with Gasteiger partial charge in [0, 0.05) is 6.92 Å². The summed E-state index contributed by atoms with van der Waals surface area (Å²) >= 11 is 0. The molecular formula is C12H16O3. The maximum Gasteiger partial charge on any atom is 0.308 e. The molecule has 3 nitrogen and oxygen atoms in total. The van der Waals surface area contributed by atoms with Gasteiger partial charge in [0.25, 0.3) is 0 Å². The van der Waals surface area contributed by atoms with E-state index in [4.69, 9.17) is 9.47 Å². The van der Waals surface area contributed by atoms with Crippen LogP contribution >= 0.6 is 0 Å². The third kappa shape index (κ3) is 3.27. The zero-order valence-corrected chi connectivity index (χ0v) is 9.37. The average Bonchev–Trinajstić information content (AvgIpc) is 2.20. The number of rotatable bonds is 4. The molecule has 0 aromatic heterocycles. The molecule has 82 valence electrons. The first-order valence-electron chi connectivity index (χ1n) is 5.11. The van der Waals surface area contributed by atoms with Crippen LogP contribution in [-0.2, 0) is 11.2 Å². The highest BCUT2D eigenvalue weighted by Crippen LogP contribution is 2.28. The van der Waals surface area contributed by atoms with Gasteiger partial charge in [0.15, 0.2) is 11.5 Å². The molecule has 1 rings (SSSR count). The molecule has 0 N–H and O–H groups in total. The van der Waals surface area contributed by atoms with Gasteiger partial charge in [0.1, 0.15) is 0 Å². The van der Waals surface area contributed by atoms with Gasteiger partial charge in [0.2, 0.25) is 0 Å². The van der Waals surface area contributed by atoms with E-state index in [1.54, 1.807) is 6.07 Å². The fraction of sp³-hybridized carbons (Fsp3) is 0.417. The largest absolute Gasteiger partial charge is 0.490 e. The van der Waals surface area contributed by atoms with Gasteiger partial charge in [-0.1, -0.05) is 13.0 Å². The molecule has 0 bridgehead atoms. The Balaban J connectivity index is 2.97. The molecule has 0 amide bonds. The fourth-order valence-electron chi connectivity index (χ4n) is 1.28. The van der Waals surface area contributed by atoms with E-state index in [0.717, 1.165) is 12.0 Å². The Hall–Kier alpha value is -1.51. The third-order valence-corrected chi connectivity index (χ3v) is 1.97. The number of aryl methyl sites for hydroxylation is 1. The van der Waals surface area contributed by atoms with Crippen LogP contribution in [0.4, 0.5) is 0 Å². The van der Waals surface area contributed by atoms with Crippen molar-refractivity contribution in [2.24, 2.45) is 0 Å². The highest BCUT2D eigenvalue weighted by Gasteiger charge is 2.07. The Morgan fingerprint density at radius 1 is 1.27 bits per heavy atom. The van der Waals surface area contributed by atoms with Crippen LogP contribution in [0.3, 0.4) is 0 Å². The molecule has 1 aromatic carbocycles. The maximum absolute atomic E-state index is 10.8. The highest BCUT2D eigenvalue weighted by molar-refractivity contribution is 5.70. The molecule has 0 unspecified atom stereocenters. The van der Waals surface area contributed by atoms with Crippen LogP contribution < -0.4 is 9.47 Å². The minimum atomic E-state index is -0.333. The minimum Gasteiger partial charge on any atom is -0.490 e. The van der Waals surface area contributed by atoms with E-state index in [1.807, 2.05) is 19.1 Å². The number of ether oxygens (including phenoxy) is 2. The van der Waals surface area contributed by atoms with Gasteiger partial charge < -0.3 is 9.47 Å². The Bertz CT molecular complexity index is 345. The zero-order valence-electron chi connectivity index (χ0n) is 9.37. The standard InChI is InChI=1S/C12H16O3/c1-4-10-6-7-11(15-9(3)13)12(8-10)14-5-2/h6-8H,4-5H2,1-3H3. The maximum atomic E-state index is 10.8. The minimum absolute atomic E-state index is 0.333. The van der Waals surface area contributed by atoms with Crippen LogP contribution in [0.15, 0.2) is 18.2 Å². The van der Waals surface area contributed by atoms with Crippen LogP contribution in [-0.4, -0.2) is 12.6 Å². The van der Waals surface area contributed by atoms with E-state index >= 15 is 0 Å². The molecule has 0 saturated heterocycles. The van der Waals surface area contributed by atoms with Gasteiger partial charge in [-0.2, -0.15) is 0 Å². The van der Waals surface area contributed by atoms with Crippen LogP contribution in [0.5, 0.6) is 11.5 Å². The molecule has 0 radical (unpaired) electrons. The number of hydrogen-bond donors (Lipinski definition) is 0. The van der Waals surface area contributed by atoms with E-state index in [1.165, 1.54) is 6.92 Å². The quantitative estimate of drug-likeness (QED) is 0.563. The number of carbonyl (C=O) groups is 1. The number of carbonyl (C=O) groups excluding carboxylic acids is 1. The van der Waals surface area contributed by atoms with E-state index in [-0.39, 0.29) is 5.97 Å². The second-order valence-corrected chi connectivity index (χ2v) is 3.16. The van der Waals surface area contributed by atoms with Crippen LogP contribution in [0.25, 0.3) is 0 Å². The lowest BCUT2D eigenvalue weighted by Gasteiger charge is -2.10. The second kappa shape index (κ2) is 5.39. The first kappa shape index (κ1) is 11.6. The molecule has 1 aromatic rings. The Morgan fingerprint density at radius 3 is 2.53 bits per heavy atom. The van der Waals surface area contributed by atoms with Gasteiger partial charge in [0.05, 0.1) is 6.61 Å². The van der Waals surface area contributed by atoms with Gasteiger partial charge in [-0.15, -0.1) is 0 Å². The van der Waals surface area contributed by atoms with E-state index in [9.17, 15) is 4.79 Å². The van der Waals surface area contributed by atoms with Gasteiger partial charge in [-0.3, -0.25) is 4.79 Å². The van der Waals surface area contributed by atoms with Crippen molar-refractivity contribution in [2.75, 3.05) is 6.61 Å². The molecular weight excluding hydrogens is 192 g/mol. The molecule has 3 heteroatoms. The summed E-state index contributed by atoms with van der Waals surface area (Å²) in [4.78, 5) is 10.8. The SMILES string of the molecule is CCOc1cc(CC)ccc1OC(C)=O. The molecule has 0 fully saturated rings. The van der Waals surface area contributed by atoms with Crippen LogP contribution in [0.1, 0.15) is 26.3 Å². The lowest BCUT2D eigenvalue weighted by atomic mass is 10.1. The monoisotopic (exact) mass is 208 g/mol. The van der Waals surface area contributed by atoms with E-state index in [2.05, 4.69) is 6.92 Å². The number of esters is 1. The second-order valence-electron chi connectivity index (χ2n) is 3.16. The molecule has 0 aliphatic rings. The fourth-order valence-corrected chi connectivity index (χ4v) is 1.28. The van der Waals surface area contributed by atoms with Crippen LogP contribution in [0, 0.1) is 0 Å². The molecule has 0 atom stereocenters. The lowest BCUT2D eigenvalue weighted by Crippen LogP contribution is -2.04. The summed E-state index contributed by atoms with van der Waals surface area (Å²) in [5, 5.41) is 0. The summed E-state index contributed by atoms with van der Waals surface area (Å²) < 4.78 is 10.4. The van der Waals surface area contributed by atoms with Crippen molar-refractivity contribution in [1.82, 2.24) is 0 Å². The topological polar surface area (TPSA) is 35.5 Å². The molecule has 0 aliphatic heterocycles. The summed E-state index contributed by atoms with van der Waals surface area (Å²) in [6.45, 7) is 5.90. The summed E-state index contributed by atoms with van der Waals surface area (Å²) in [5.74, 6) is 0.786. The normalized spacial score (nSPS) is 9.80. The van der Waals surface area contributed by atoms with Gasteiger partial charge >= 0.3 is 5.97 Å². The van der Waals surface area contributed by atoms with Crippen LogP contribution in [0.2, 0.25) is 0 Å². The predicted octanol–water partition coefficient (Wildman–Crippen LogP) is 2.57. The van der Waals surface area contributed by atoms with Crippen molar-refractivity contribution in [1.29, 1.82) is 0 Å². The molecule has 0 saturated carbocycles. The Morgan fingerprint density at radius 2 is 2.00 bits per heavy atom. The van der Waals surface area contributed by atoms with Crippen molar-refractivity contribution in [3.8, 4) is 11.5 Å². The molecule has 0 spiro atoms. The van der Waals surface area contributed by atoms with Crippen molar-refractivity contribution in [3.63, 3.8) is 0 Å². The smallest absolute Gasteiger partial charge is 0.308 e. The third-order valence-electron chi connectivity index (χ3n) is 1.97. The van der Waals surface area contributed by atoms with Crippen molar-refractivity contribution in [3.05, 3.63) is 23.8 Å². The summed E-state index contributed by atoms with van der Waals surface area (Å²) in [6, 6.07) is 5.60. The van der Waals surface area contributed by atoms with Crippen molar-refractivity contribution < 1.29 is 14.3 Å². The Labute approximate surface area is 90.0 Å². The molecule has 0 aliphatic carbocycles. The molecule has 15 heavy (non-hydrogen) atoms. The zero-order chi connectivity index (χ0) is 11.3. The summed E-state index contributed by atoms with van der Waals surface area (Å²) in [6.07, 6.45) is 0.931. The lowest BCUT2D eigenvalue weighted by molar-refractivity contribution is -0.132. The highest BCUT2D eigenvalue weighted by atomic mass is 16.6. The first-order valence-corrected chi connectivity index (χ1v) is 5.11. The van der Waals surface area contributed by atoms with Crippen molar-refractivity contribution >= 4 is 5.97 Å². The predicted molar refractivity (Wildman–Crippen MR) is 58.3 cm³/mol. The average molecular weight is 208 g/mol.